The second-order valence-corrected chi connectivity index (χ2v) is 12.2. The average Bonchev–Trinajstić information content (AvgIpc) is 3.14. The third-order valence-corrected chi connectivity index (χ3v) is 7.92. The predicted molar refractivity (Wildman–Crippen MR) is 150 cm³/mol. The van der Waals surface area contributed by atoms with Gasteiger partial charge >= 0.3 is 0 Å². The smallest absolute Gasteiger partial charge is 0.287 e. The van der Waals surface area contributed by atoms with Gasteiger partial charge in [0.2, 0.25) is 0 Å². The molecule has 0 unspecified atom stereocenters. The lowest BCUT2D eigenvalue weighted by Crippen LogP contribution is -2.30. The molecule has 0 radical (unpaired) electrons. The molecule has 3 aromatic heterocycles. The fourth-order valence-electron chi connectivity index (χ4n) is 6.02. The normalized spacial score (nSPS) is 13.1. The van der Waals surface area contributed by atoms with Crippen LogP contribution in [0.1, 0.15) is 56.9 Å². The van der Waals surface area contributed by atoms with Crippen LogP contribution in [0.5, 0.6) is 0 Å². The molecule has 0 atom stereocenters. The molecular weight excluding hydrogens is 440 g/mol. The van der Waals surface area contributed by atoms with Crippen molar-refractivity contribution in [3.8, 4) is 0 Å². The Labute approximate surface area is 212 Å². The average molecular weight is 474 g/mol. The summed E-state index contributed by atoms with van der Waals surface area (Å²) >= 11 is 0. The van der Waals surface area contributed by atoms with Gasteiger partial charge in [-0.05, 0) is 65.6 Å². The first-order valence-electron chi connectivity index (χ1n) is 12.7. The van der Waals surface area contributed by atoms with Crippen molar-refractivity contribution in [2.24, 2.45) is 12.5 Å². The van der Waals surface area contributed by atoms with Crippen LogP contribution in [0.4, 0.5) is 0 Å². The molecule has 180 valence electrons. The monoisotopic (exact) mass is 473 g/mol. The molecule has 0 fully saturated rings. The Morgan fingerprint density at radius 1 is 0.972 bits per heavy atom. The number of nitrogens with zero attached hydrogens (tertiary/aromatic N) is 4. The molecule has 4 nitrogen and oxygen atoms in total. The van der Waals surface area contributed by atoms with Crippen molar-refractivity contribution in [3.63, 3.8) is 0 Å². The Kier molecular flexibility index (Phi) is 4.53. The second kappa shape index (κ2) is 7.17. The van der Waals surface area contributed by atoms with Crippen molar-refractivity contribution in [2.45, 2.75) is 60.4 Å². The van der Waals surface area contributed by atoms with Crippen molar-refractivity contribution in [3.05, 3.63) is 76.4 Å². The minimum Gasteiger partial charge on any atom is -0.308 e. The van der Waals surface area contributed by atoms with E-state index in [0.717, 1.165) is 28.4 Å². The molecule has 3 heterocycles. The SMILES string of the molecule is [C-]#[N+]C(C)(C)c1cc2nc[n+](C)c3c4c(C)c(C)cc5c6c(CC(C)(C)C)cccc6n(c(c1)c23)c54. The number of aromatic nitrogens is 3. The molecule has 3 aromatic carbocycles. The summed E-state index contributed by atoms with van der Waals surface area (Å²) in [5, 5.41) is 5.11. The fourth-order valence-corrected chi connectivity index (χ4v) is 6.02. The summed E-state index contributed by atoms with van der Waals surface area (Å²) in [6.45, 7) is 23.3. The maximum Gasteiger partial charge on any atom is 0.287 e. The number of hydrogen-bond donors (Lipinski definition) is 0. The van der Waals surface area contributed by atoms with Gasteiger partial charge in [0.15, 0.2) is 5.52 Å². The van der Waals surface area contributed by atoms with Gasteiger partial charge in [0.05, 0.1) is 34.4 Å². The summed E-state index contributed by atoms with van der Waals surface area (Å²) in [6.07, 6.45) is 2.93. The lowest BCUT2D eigenvalue weighted by atomic mass is 9.86. The standard InChI is InChI=1S/C32H33N4/c1-18-13-22-27-20(16-31(3,4)5)11-10-12-24(27)36-25-15-21(32(6,7)33-8)14-23-28(25)30(35(9)17-34-23)26(19(18)2)29(22)36/h10-15,17H,16H2,1-7,9H3/q+1. The molecule has 6 rings (SSSR count). The highest BCUT2D eigenvalue weighted by Crippen LogP contribution is 2.44. The molecule has 4 heteroatoms. The van der Waals surface area contributed by atoms with Crippen molar-refractivity contribution in [1.82, 2.24) is 9.38 Å². The van der Waals surface area contributed by atoms with Gasteiger partial charge in [-0.15, -0.1) is 0 Å². The van der Waals surface area contributed by atoms with Crippen LogP contribution in [0.15, 0.2) is 42.7 Å². The minimum atomic E-state index is -0.631. The van der Waals surface area contributed by atoms with Gasteiger partial charge in [0.1, 0.15) is 5.52 Å². The highest BCUT2D eigenvalue weighted by Gasteiger charge is 2.31. The zero-order valence-electron chi connectivity index (χ0n) is 22.5. The first-order valence-corrected chi connectivity index (χ1v) is 12.7. The molecule has 0 aliphatic rings. The third-order valence-electron chi connectivity index (χ3n) is 7.92. The molecular formula is C32H33N4+. The van der Waals surface area contributed by atoms with Crippen LogP contribution in [-0.2, 0) is 19.0 Å². The minimum absolute atomic E-state index is 0.178. The van der Waals surface area contributed by atoms with Crippen LogP contribution in [0, 0.1) is 25.8 Å². The Hall–Kier alpha value is -3.71. The first-order chi connectivity index (χ1) is 16.9. The quantitative estimate of drug-likeness (QED) is 0.110. The van der Waals surface area contributed by atoms with Gasteiger partial charge in [-0.1, -0.05) is 32.9 Å². The maximum absolute atomic E-state index is 7.86. The summed E-state index contributed by atoms with van der Waals surface area (Å²) in [5.74, 6) is 0. The largest absolute Gasteiger partial charge is 0.308 e. The Morgan fingerprint density at radius 3 is 2.42 bits per heavy atom. The van der Waals surface area contributed by atoms with E-state index in [2.05, 4.69) is 91.9 Å². The highest BCUT2D eigenvalue weighted by molar-refractivity contribution is 6.26. The van der Waals surface area contributed by atoms with Crippen LogP contribution in [-0.4, -0.2) is 9.38 Å². The van der Waals surface area contributed by atoms with Crippen molar-refractivity contribution in [1.29, 1.82) is 0 Å². The predicted octanol–water partition coefficient (Wildman–Crippen LogP) is 7.57. The van der Waals surface area contributed by atoms with E-state index in [-0.39, 0.29) is 5.41 Å². The van der Waals surface area contributed by atoms with E-state index in [9.17, 15) is 0 Å². The van der Waals surface area contributed by atoms with Gasteiger partial charge in [-0.2, -0.15) is 0 Å². The first kappa shape index (κ1) is 22.7. The molecule has 0 amide bonds. The zero-order chi connectivity index (χ0) is 25.7. The molecule has 0 aliphatic carbocycles. The van der Waals surface area contributed by atoms with E-state index < -0.39 is 5.54 Å². The van der Waals surface area contributed by atoms with Crippen LogP contribution < -0.4 is 4.57 Å². The van der Waals surface area contributed by atoms with Gasteiger partial charge in [-0.3, -0.25) is 0 Å². The molecule has 0 bridgehead atoms. The van der Waals surface area contributed by atoms with Crippen LogP contribution >= 0.6 is 0 Å². The Bertz CT molecular complexity index is 1910. The summed E-state index contributed by atoms with van der Waals surface area (Å²) in [4.78, 5) is 8.82. The molecule has 0 saturated carbocycles. The molecule has 6 aromatic rings. The highest BCUT2D eigenvalue weighted by atomic mass is 15.0. The van der Waals surface area contributed by atoms with Crippen molar-refractivity contribution in [2.75, 3.05) is 0 Å². The Balaban J connectivity index is 1.99. The fraction of sp³-hybridized carbons (Fsp3) is 0.344. The van der Waals surface area contributed by atoms with Gasteiger partial charge in [0.25, 0.3) is 11.9 Å². The lowest BCUT2D eigenvalue weighted by molar-refractivity contribution is -0.646. The van der Waals surface area contributed by atoms with Crippen molar-refractivity contribution < 1.29 is 4.57 Å². The van der Waals surface area contributed by atoms with E-state index in [1.165, 1.54) is 49.4 Å². The van der Waals surface area contributed by atoms with Gasteiger partial charge in [0, 0.05) is 36.2 Å². The number of pyridine rings is 1. The van der Waals surface area contributed by atoms with E-state index in [0.29, 0.717) is 0 Å². The molecule has 36 heavy (non-hydrogen) atoms. The number of benzene rings is 3. The van der Waals surface area contributed by atoms with E-state index in [4.69, 9.17) is 11.6 Å². The van der Waals surface area contributed by atoms with Crippen molar-refractivity contribution >= 4 is 49.1 Å². The zero-order valence-corrected chi connectivity index (χ0v) is 22.5. The molecule has 0 N–H and O–H groups in total. The number of rotatable bonds is 2. The van der Waals surface area contributed by atoms with Crippen LogP contribution in [0.2, 0.25) is 0 Å². The third kappa shape index (κ3) is 2.99. The maximum atomic E-state index is 7.86. The number of hydrogen-bond acceptors (Lipinski definition) is 1. The number of aryl methyl sites for hydroxylation is 3. The van der Waals surface area contributed by atoms with Crippen LogP contribution in [0.25, 0.3) is 54.0 Å². The summed E-state index contributed by atoms with van der Waals surface area (Å²) in [6, 6.07) is 13.5. The second-order valence-electron chi connectivity index (χ2n) is 12.2. The molecule has 0 saturated heterocycles. The topological polar surface area (TPSA) is 25.5 Å². The van der Waals surface area contributed by atoms with Crippen LogP contribution in [0.3, 0.4) is 0 Å². The summed E-state index contributed by atoms with van der Waals surface area (Å²) in [7, 11) is 2.10. The van der Waals surface area contributed by atoms with Gasteiger partial charge < -0.3 is 9.25 Å². The lowest BCUT2D eigenvalue weighted by Gasteiger charge is -2.19. The van der Waals surface area contributed by atoms with E-state index in [1.807, 2.05) is 20.2 Å². The summed E-state index contributed by atoms with van der Waals surface area (Å²) in [5.41, 5.74) is 10.3. The summed E-state index contributed by atoms with van der Waals surface area (Å²) < 4.78 is 4.63. The van der Waals surface area contributed by atoms with E-state index >= 15 is 0 Å². The van der Waals surface area contributed by atoms with E-state index in [1.54, 1.807) is 0 Å². The molecule has 0 spiro atoms. The molecule has 0 aliphatic heterocycles. The Morgan fingerprint density at radius 2 is 1.72 bits per heavy atom. The van der Waals surface area contributed by atoms with Gasteiger partial charge in [-0.25, -0.2) is 11.1 Å². The number of fused-ring (bicyclic) bond motifs is 5.